The van der Waals surface area contributed by atoms with Crippen molar-refractivity contribution in [3.05, 3.63) is 26.6 Å². The summed E-state index contributed by atoms with van der Waals surface area (Å²) in [5.41, 5.74) is 0.972. The van der Waals surface area contributed by atoms with Crippen molar-refractivity contribution in [1.82, 2.24) is 9.21 Å². The van der Waals surface area contributed by atoms with E-state index in [1.807, 2.05) is 11.8 Å². The molecule has 0 N–H and O–H groups in total. The molecule has 0 saturated carbocycles. The Bertz CT molecular complexity index is 677. The molecule has 1 saturated heterocycles. The van der Waals surface area contributed by atoms with Crippen LogP contribution in [0.15, 0.2) is 26.0 Å². The summed E-state index contributed by atoms with van der Waals surface area (Å²) in [6, 6.07) is 5.52. The van der Waals surface area contributed by atoms with Gasteiger partial charge in [-0.3, -0.25) is 4.90 Å². The molecule has 0 atom stereocenters. The van der Waals surface area contributed by atoms with Gasteiger partial charge in [-0.25, -0.2) is 8.42 Å². The van der Waals surface area contributed by atoms with Crippen LogP contribution in [0, 0.1) is 18.3 Å². The number of benzene rings is 1. The van der Waals surface area contributed by atoms with Gasteiger partial charge in [0.2, 0.25) is 10.0 Å². The summed E-state index contributed by atoms with van der Waals surface area (Å²) in [7, 11) is -3.52. The molecule has 0 unspecified atom stereocenters. The first kappa shape index (κ1) is 16.9. The zero-order valence-electron chi connectivity index (χ0n) is 11.5. The highest BCUT2D eigenvalue weighted by Gasteiger charge is 2.30. The number of nitrogens with zero attached hydrogens (tertiary/aromatic N) is 3. The average Bonchev–Trinajstić information content (AvgIpc) is 2.43. The van der Waals surface area contributed by atoms with Gasteiger partial charge in [0, 0.05) is 35.1 Å². The van der Waals surface area contributed by atoms with E-state index in [4.69, 9.17) is 5.26 Å². The van der Waals surface area contributed by atoms with Crippen LogP contribution in [-0.4, -0.2) is 50.3 Å². The molecule has 0 bridgehead atoms. The second-order valence-corrected chi connectivity index (χ2v) is 8.49. The van der Waals surface area contributed by atoms with E-state index in [0.717, 1.165) is 10.0 Å². The van der Waals surface area contributed by atoms with Crippen molar-refractivity contribution in [2.24, 2.45) is 0 Å². The van der Waals surface area contributed by atoms with Gasteiger partial charge >= 0.3 is 0 Å². The quantitative estimate of drug-likeness (QED) is 0.682. The lowest BCUT2D eigenvalue weighted by molar-refractivity contribution is 0.206. The lowest BCUT2D eigenvalue weighted by Crippen LogP contribution is -2.48. The number of nitriles is 1. The zero-order valence-corrected chi connectivity index (χ0v) is 15.5. The van der Waals surface area contributed by atoms with Crippen LogP contribution in [0.4, 0.5) is 0 Å². The van der Waals surface area contributed by atoms with E-state index in [1.165, 1.54) is 4.31 Å². The van der Waals surface area contributed by atoms with Crippen molar-refractivity contribution in [3.63, 3.8) is 0 Å². The van der Waals surface area contributed by atoms with Gasteiger partial charge in [0.1, 0.15) is 0 Å². The lowest BCUT2D eigenvalue weighted by Gasteiger charge is -2.32. The maximum Gasteiger partial charge on any atom is 0.244 e. The first-order chi connectivity index (χ1) is 9.86. The van der Waals surface area contributed by atoms with Gasteiger partial charge < -0.3 is 0 Å². The zero-order chi connectivity index (χ0) is 15.6. The third kappa shape index (κ3) is 3.66. The molecule has 0 spiro atoms. The molecular weight excluding hydrogens is 422 g/mol. The standard InChI is InChI=1S/C13H15Br2N3O2S/c1-10-8-12(15)13(9-11(10)14)21(19,20)18-6-4-17(3-2-16)5-7-18/h8-9H,3-7H2,1H3. The smallest absolute Gasteiger partial charge is 0.244 e. The van der Waals surface area contributed by atoms with Crippen LogP contribution >= 0.6 is 31.9 Å². The second kappa shape index (κ2) is 6.75. The normalized spacial score (nSPS) is 17.6. The van der Waals surface area contributed by atoms with Gasteiger partial charge in [-0.1, -0.05) is 15.9 Å². The summed E-state index contributed by atoms with van der Waals surface area (Å²) >= 11 is 6.72. The van der Waals surface area contributed by atoms with Crippen LogP contribution in [0.3, 0.4) is 0 Å². The molecule has 0 amide bonds. The number of aryl methyl sites for hydroxylation is 1. The third-order valence-corrected chi connectivity index (χ3v) is 7.17. The highest BCUT2D eigenvalue weighted by atomic mass is 79.9. The Balaban J connectivity index is 2.24. The minimum atomic E-state index is -3.52. The van der Waals surface area contributed by atoms with Crippen molar-refractivity contribution in [3.8, 4) is 6.07 Å². The Labute approximate surface area is 141 Å². The number of sulfonamides is 1. The van der Waals surface area contributed by atoms with Crippen molar-refractivity contribution >= 4 is 41.9 Å². The molecule has 0 radical (unpaired) electrons. The molecule has 0 aromatic heterocycles. The molecule has 2 rings (SSSR count). The summed E-state index contributed by atoms with van der Waals surface area (Å²) in [4.78, 5) is 2.22. The molecular formula is C13H15Br2N3O2S. The molecule has 1 aliphatic heterocycles. The van der Waals surface area contributed by atoms with Crippen LogP contribution in [0.2, 0.25) is 0 Å². The number of hydrogen-bond acceptors (Lipinski definition) is 4. The van der Waals surface area contributed by atoms with Gasteiger partial charge in [-0.05, 0) is 40.5 Å². The molecule has 1 fully saturated rings. The highest BCUT2D eigenvalue weighted by molar-refractivity contribution is 9.11. The van der Waals surface area contributed by atoms with E-state index in [-0.39, 0.29) is 4.90 Å². The minimum absolute atomic E-state index is 0.272. The van der Waals surface area contributed by atoms with E-state index in [9.17, 15) is 8.42 Å². The van der Waals surface area contributed by atoms with Crippen LogP contribution in [-0.2, 0) is 10.0 Å². The monoisotopic (exact) mass is 435 g/mol. The molecule has 114 valence electrons. The van der Waals surface area contributed by atoms with Gasteiger partial charge in [0.05, 0.1) is 17.5 Å². The molecule has 1 aliphatic rings. The summed E-state index contributed by atoms with van der Waals surface area (Å²) in [6.07, 6.45) is 0. The van der Waals surface area contributed by atoms with Gasteiger partial charge in [-0.2, -0.15) is 9.57 Å². The molecule has 8 heteroatoms. The fourth-order valence-corrected chi connectivity index (χ4v) is 5.25. The largest absolute Gasteiger partial charge is 0.288 e. The summed E-state index contributed by atoms with van der Waals surface area (Å²) in [6.45, 7) is 4.22. The third-order valence-electron chi connectivity index (χ3n) is 3.46. The Morgan fingerprint density at radius 3 is 2.38 bits per heavy atom. The fraction of sp³-hybridized carbons (Fsp3) is 0.462. The molecule has 21 heavy (non-hydrogen) atoms. The predicted octanol–water partition coefficient (Wildman–Crippen LogP) is 2.35. The molecule has 0 aliphatic carbocycles. The van der Waals surface area contributed by atoms with E-state index in [0.29, 0.717) is 37.2 Å². The maximum absolute atomic E-state index is 12.7. The summed E-state index contributed by atoms with van der Waals surface area (Å²) in [5.74, 6) is 0. The molecule has 1 aromatic carbocycles. The highest BCUT2D eigenvalue weighted by Crippen LogP contribution is 2.31. The Kier molecular flexibility index (Phi) is 5.43. The van der Waals surface area contributed by atoms with Crippen LogP contribution < -0.4 is 0 Å². The first-order valence-electron chi connectivity index (χ1n) is 6.41. The first-order valence-corrected chi connectivity index (χ1v) is 9.44. The average molecular weight is 437 g/mol. The number of piperazine rings is 1. The van der Waals surface area contributed by atoms with E-state index in [2.05, 4.69) is 37.9 Å². The van der Waals surface area contributed by atoms with Crippen LogP contribution in [0.5, 0.6) is 0 Å². The Morgan fingerprint density at radius 1 is 1.19 bits per heavy atom. The maximum atomic E-state index is 12.7. The number of hydrogen-bond donors (Lipinski definition) is 0. The van der Waals surface area contributed by atoms with E-state index in [1.54, 1.807) is 12.1 Å². The minimum Gasteiger partial charge on any atom is -0.288 e. The molecule has 1 heterocycles. The molecule has 5 nitrogen and oxygen atoms in total. The number of halogens is 2. The van der Waals surface area contributed by atoms with Gasteiger partial charge in [0.25, 0.3) is 0 Å². The van der Waals surface area contributed by atoms with Crippen molar-refractivity contribution in [2.75, 3.05) is 32.7 Å². The Hall–Kier alpha value is -0.460. The SMILES string of the molecule is Cc1cc(Br)c(S(=O)(=O)N2CCN(CC#N)CC2)cc1Br. The summed E-state index contributed by atoms with van der Waals surface area (Å²) in [5, 5.41) is 8.68. The number of rotatable bonds is 3. The van der Waals surface area contributed by atoms with Crippen molar-refractivity contribution in [1.29, 1.82) is 5.26 Å². The topological polar surface area (TPSA) is 64.4 Å². The van der Waals surface area contributed by atoms with Crippen molar-refractivity contribution in [2.45, 2.75) is 11.8 Å². The lowest BCUT2D eigenvalue weighted by atomic mass is 10.2. The van der Waals surface area contributed by atoms with Gasteiger partial charge in [-0.15, -0.1) is 0 Å². The van der Waals surface area contributed by atoms with Crippen LogP contribution in [0.1, 0.15) is 5.56 Å². The van der Waals surface area contributed by atoms with Gasteiger partial charge in [0.15, 0.2) is 0 Å². The fourth-order valence-electron chi connectivity index (χ4n) is 2.19. The van der Waals surface area contributed by atoms with Crippen molar-refractivity contribution < 1.29 is 8.42 Å². The van der Waals surface area contributed by atoms with E-state index < -0.39 is 10.0 Å². The predicted molar refractivity (Wildman–Crippen MR) is 87.4 cm³/mol. The van der Waals surface area contributed by atoms with E-state index >= 15 is 0 Å². The Morgan fingerprint density at radius 2 is 1.81 bits per heavy atom. The van der Waals surface area contributed by atoms with Crippen LogP contribution in [0.25, 0.3) is 0 Å². The summed E-state index contributed by atoms with van der Waals surface area (Å²) < 4.78 is 28.3. The second-order valence-electron chi connectivity index (χ2n) is 4.87. The molecule has 1 aromatic rings.